The highest BCUT2D eigenvalue weighted by Gasteiger charge is 2.21. The molecule has 21 heavy (non-hydrogen) atoms. The molecule has 0 aromatic heterocycles. The average molecular weight is 359 g/mol. The van der Waals surface area contributed by atoms with Crippen LogP contribution in [0.2, 0.25) is 0 Å². The molecule has 0 aliphatic heterocycles. The zero-order chi connectivity index (χ0) is 16.0. The molecule has 0 aliphatic carbocycles. The second-order valence-corrected chi connectivity index (χ2v) is 5.91. The van der Waals surface area contributed by atoms with Crippen molar-refractivity contribution in [3.05, 3.63) is 22.7 Å². The molecule has 0 fully saturated rings. The summed E-state index contributed by atoms with van der Waals surface area (Å²) >= 11 is 3.30. The van der Waals surface area contributed by atoms with Gasteiger partial charge in [-0.2, -0.15) is 0 Å². The van der Waals surface area contributed by atoms with Crippen molar-refractivity contribution in [3.63, 3.8) is 0 Å². The van der Waals surface area contributed by atoms with Crippen LogP contribution < -0.4 is 15.4 Å². The third-order valence-corrected chi connectivity index (χ3v) is 3.13. The lowest BCUT2D eigenvalue weighted by Crippen LogP contribution is -2.43. The zero-order valence-electron chi connectivity index (χ0n) is 12.1. The lowest BCUT2D eigenvalue weighted by atomic mass is 10.0. The molecule has 116 valence electrons. The maximum Gasteiger partial charge on any atom is 0.326 e. The maximum absolute atomic E-state index is 11.9. The van der Waals surface area contributed by atoms with E-state index < -0.39 is 18.0 Å². The molecule has 0 saturated carbocycles. The fraction of sp³-hybridized carbons (Fsp3) is 0.429. The number of hydrogen-bond donors (Lipinski definition) is 3. The van der Waals surface area contributed by atoms with E-state index in [4.69, 9.17) is 9.84 Å². The van der Waals surface area contributed by atoms with Gasteiger partial charge in [-0.3, -0.25) is 0 Å². The Labute approximate surface area is 132 Å². The molecule has 1 rings (SSSR count). The number of nitrogens with one attached hydrogen (secondary N) is 2. The predicted molar refractivity (Wildman–Crippen MR) is 83.7 cm³/mol. The summed E-state index contributed by atoms with van der Waals surface area (Å²) in [5.74, 6) is -0.306. The number of hydrogen-bond acceptors (Lipinski definition) is 3. The Balaban J connectivity index is 2.71. The smallest absolute Gasteiger partial charge is 0.326 e. The average Bonchev–Trinajstić information content (AvgIpc) is 2.36. The van der Waals surface area contributed by atoms with Crippen LogP contribution in [0, 0.1) is 5.92 Å². The van der Waals surface area contributed by atoms with Crippen molar-refractivity contribution in [3.8, 4) is 5.75 Å². The highest BCUT2D eigenvalue weighted by atomic mass is 79.9. The summed E-state index contributed by atoms with van der Waals surface area (Å²) in [6, 6.07) is 3.60. The summed E-state index contributed by atoms with van der Waals surface area (Å²) in [7, 11) is 1.52. The Bertz CT molecular complexity index is 520. The number of carboxylic acid groups (broad SMARTS) is 1. The van der Waals surface area contributed by atoms with Gasteiger partial charge in [0.1, 0.15) is 11.8 Å². The van der Waals surface area contributed by atoms with E-state index in [1.807, 2.05) is 13.8 Å². The van der Waals surface area contributed by atoms with Gasteiger partial charge in [-0.25, -0.2) is 9.59 Å². The van der Waals surface area contributed by atoms with Gasteiger partial charge in [-0.15, -0.1) is 0 Å². The number of ether oxygens (including phenoxy) is 1. The Morgan fingerprint density at radius 2 is 2.00 bits per heavy atom. The third kappa shape index (κ3) is 6.03. The number of anilines is 1. The molecule has 0 unspecified atom stereocenters. The predicted octanol–water partition coefficient (Wildman–Crippen LogP) is 3.08. The van der Waals surface area contributed by atoms with Gasteiger partial charge in [-0.1, -0.05) is 29.8 Å². The van der Waals surface area contributed by atoms with Gasteiger partial charge in [0.2, 0.25) is 0 Å². The number of benzene rings is 1. The summed E-state index contributed by atoms with van der Waals surface area (Å²) in [5, 5.41) is 14.1. The van der Waals surface area contributed by atoms with Gasteiger partial charge in [0.05, 0.1) is 7.11 Å². The maximum atomic E-state index is 11.9. The van der Waals surface area contributed by atoms with Crippen LogP contribution in [0.5, 0.6) is 5.75 Å². The molecule has 0 heterocycles. The standard InChI is InChI=1S/C14H19BrN2O4/c1-8(2)4-12(13(18)19)17-14(20)16-10-5-9(15)6-11(7-10)21-3/h5-8,12H,4H2,1-3H3,(H,18,19)(H2,16,17,20)/t12-/m0/s1. The van der Waals surface area contributed by atoms with Crippen molar-refractivity contribution in [1.82, 2.24) is 5.32 Å². The molecular weight excluding hydrogens is 340 g/mol. The quantitative estimate of drug-likeness (QED) is 0.728. The SMILES string of the molecule is COc1cc(Br)cc(NC(=O)N[C@@H](CC(C)C)C(=O)O)c1. The molecule has 0 spiro atoms. The van der Waals surface area contributed by atoms with E-state index in [0.717, 1.165) is 4.47 Å². The second-order valence-electron chi connectivity index (χ2n) is 5.00. The fourth-order valence-corrected chi connectivity index (χ4v) is 2.24. The van der Waals surface area contributed by atoms with Crippen molar-refractivity contribution in [1.29, 1.82) is 0 Å². The van der Waals surface area contributed by atoms with Crippen LogP contribution in [0.15, 0.2) is 22.7 Å². The van der Waals surface area contributed by atoms with Gasteiger partial charge in [-0.05, 0) is 24.5 Å². The first-order valence-corrected chi connectivity index (χ1v) is 7.26. The molecule has 7 heteroatoms. The topological polar surface area (TPSA) is 87.7 Å². The summed E-state index contributed by atoms with van der Waals surface area (Å²) < 4.78 is 5.84. The van der Waals surface area contributed by atoms with Crippen molar-refractivity contribution in [2.75, 3.05) is 12.4 Å². The lowest BCUT2D eigenvalue weighted by Gasteiger charge is -2.17. The van der Waals surface area contributed by atoms with Crippen molar-refractivity contribution < 1.29 is 19.4 Å². The molecule has 1 aromatic rings. The van der Waals surface area contributed by atoms with Crippen molar-refractivity contribution in [2.45, 2.75) is 26.3 Å². The highest BCUT2D eigenvalue weighted by Crippen LogP contribution is 2.24. The molecule has 6 nitrogen and oxygen atoms in total. The molecule has 0 radical (unpaired) electrons. The largest absolute Gasteiger partial charge is 0.497 e. The lowest BCUT2D eigenvalue weighted by molar-refractivity contribution is -0.139. The molecular formula is C14H19BrN2O4. The number of aliphatic carboxylic acids is 1. The summed E-state index contributed by atoms with van der Waals surface area (Å²) in [6.07, 6.45) is 0.366. The van der Waals surface area contributed by atoms with E-state index in [0.29, 0.717) is 17.9 Å². The number of urea groups is 1. The number of methoxy groups -OCH3 is 1. The molecule has 3 N–H and O–H groups in total. The van der Waals surface area contributed by atoms with Crippen LogP contribution in [0.3, 0.4) is 0 Å². The molecule has 0 bridgehead atoms. The molecule has 0 saturated heterocycles. The second kappa shape index (κ2) is 7.87. The van der Waals surface area contributed by atoms with E-state index >= 15 is 0 Å². The van der Waals surface area contributed by atoms with Crippen LogP contribution >= 0.6 is 15.9 Å². The van der Waals surface area contributed by atoms with E-state index in [9.17, 15) is 9.59 Å². The van der Waals surface area contributed by atoms with E-state index in [2.05, 4.69) is 26.6 Å². The first kappa shape index (κ1) is 17.3. The van der Waals surface area contributed by atoms with Gasteiger partial charge in [0.25, 0.3) is 0 Å². The number of carbonyl (C=O) groups excluding carboxylic acids is 1. The van der Waals surface area contributed by atoms with Gasteiger partial charge in [0.15, 0.2) is 0 Å². The zero-order valence-corrected chi connectivity index (χ0v) is 13.7. The molecule has 1 atom stereocenters. The number of amides is 2. The Hall–Kier alpha value is -1.76. The van der Waals surface area contributed by atoms with Crippen LogP contribution in [0.25, 0.3) is 0 Å². The Morgan fingerprint density at radius 1 is 1.33 bits per heavy atom. The van der Waals surface area contributed by atoms with Crippen LogP contribution in [0.4, 0.5) is 10.5 Å². The van der Waals surface area contributed by atoms with Gasteiger partial charge >= 0.3 is 12.0 Å². The monoisotopic (exact) mass is 358 g/mol. The van der Waals surface area contributed by atoms with E-state index in [1.165, 1.54) is 7.11 Å². The minimum absolute atomic E-state index is 0.164. The minimum Gasteiger partial charge on any atom is -0.497 e. The Kier molecular flexibility index (Phi) is 6.48. The first-order chi connectivity index (χ1) is 9.81. The molecule has 2 amide bonds. The third-order valence-electron chi connectivity index (χ3n) is 2.68. The van der Waals surface area contributed by atoms with Crippen molar-refractivity contribution in [2.24, 2.45) is 5.92 Å². The van der Waals surface area contributed by atoms with Crippen LogP contribution in [-0.2, 0) is 4.79 Å². The molecule has 0 aliphatic rings. The number of halogens is 1. The number of carboxylic acids is 1. The van der Waals surface area contributed by atoms with Gasteiger partial charge in [0, 0.05) is 16.2 Å². The summed E-state index contributed by atoms with van der Waals surface area (Å²) in [6.45, 7) is 3.80. The fourth-order valence-electron chi connectivity index (χ4n) is 1.77. The van der Waals surface area contributed by atoms with Crippen LogP contribution in [-0.4, -0.2) is 30.3 Å². The minimum atomic E-state index is -1.05. The van der Waals surface area contributed by atoms with E-state index in [1.54, 1.807) is 18.2 Å². The number of rotatable bonds is 6. The first-order valence-electron chi connectivity index (χ1n) is 6.46. The van der Waals surface area contributed by atoms with Crippen LogP contribution in [0.1, 0.15) is 20.3 Å². The molecule has 1 aromatic carbocycles. The number of carbonyl (C=O) groups is 2. The Morgan fingerprint density at radius 3 is 2.52 bits per heavy atom. The van der Waals surface area contributed by atoms with Gasteiger partial charge < -0.3 is 20.5 Å². The van der Waals surface area contributed by atoms with Crippen molar-refractivity contribution >= 4 is 33.6 Å². The summed E-state index contributed by atoms with van der Waals surface area (Å²) in [5.41, 5.74) is 0.507. The summed E-state index contributed by atoms with van der Waals surface area (Å²) in [4.78, 5) is 23.0. The highest BCUT2D eigenvalue weighted by molar-refractivity contribution is 9.10. The normalized spacial score (nSPS) is 11.9. The van der Waals surface area contributed by atoms with E-state index in [-0.39, 0.29) is 5.92 Å².